The molecule has 0 radical (unpaired) electrons. The Labute approximate surface area is 81.1 Å². The minimum atomic E-state index is 0.694. The van der Waals surface area contributed by atoms with Gasteiger partial charge in [0.05, 0.1) is 6.17 Å². The first-order valence-electron chi connectivity index (χ1n) is 5.60. The van der Waals surface area contributed by atoms with E-state index >= 15 is 0 Å². The minimum absolute atomic E-state index is 0.694. The largest absolute Gasteiger partial charge is 0.302 e. The van der Waals surface area contributed by atoms with E-state index in [-0.39, 0.29) is 0 Å². The van der Waals surface area contributed by atoms with Gasteiger partial charge in [0.1, 0.15) is 0 Å². The summed E-state index contributed by atoms with van der Waals surface area (Å²) >= 11 is 0. The van der Waals surface area contributed by atoms with Crippen LogP contribution in [0, 0.1) is 0 Å². The van der Waals surface area contributed by atoms with Gasteiger partial charge in [-0.2, -0.15) is 0 Å². The molecule has 2 heterocycles. The van der Waals surface area contributed by atoms with Crippen molar-refractivity contribution < 1.29 is 0 Å². The molecule has 76 valence electrons. The number of piperazine rings is 1. The maximum absolute atomic E-state index is 3.57. The van der Waals surface area contributed by atoms with Gasteiger partial charge in [0, 0.05) is 26.2 Å². The lowest BCUT2D eigenvalue weighted by Crippen LogP contribution is -2.52. The summed E-state index contributed by atoms with van der Waals surface area (Å²) in [5.74, 6) is 0. The standard InChI is InChI=1S/C10H21N3/c1-2-12-6-8-13(9-7-12)10-4-3-5-11-10/h10-11H,2-9H2,1H3. The normalized spacial score (nSPS) is 32.5. The highest BCUT2D eigenvalue weighted by Crippen LogP contribution is 2.12. The third-order valence-corrected chi connectivity index (χ3v) is 3.33. The van der Waals surface area contributed by atoms with Gasteiger partial charge in [0.2, 0.25) is 0 Å². The fourth-order valence-electron chi connectivity index (χ4n) is 2.37. The second-order valence-corrected chi connectivity index (χ2v) is 4.08. The molecule has 0 aromatic rings. The summed E-state index contributed by atoms with van der Waals surface area (Å²) in [6.45, 7) is 9.72. The van der Waals surface area contributed by atoms with Gasteiger partial charge in [-0.05, 0) is 25.9 Å². The summed E-state index contributed by atoms with van der Waals surface area (Å²) < 4.78 is 0. The molecule has 0 aliphatic carbocycles. The molecule has 13 heavy (non-hydrogen) atoms. The SMILES string of the molecule is CCN1CCN(C2CCCN2)CC1. The average Bonchev–Trinajstić information content (AvgIpc) is 2.71. The maximum Gasteiger partial charge on any atom is 0.0598 e. The van der Waals surface area contributed by atoms with Gasteiger partial charge < -0.3 is 10.2 Å². The van der Waals surface area contributed by atoms with Crippen molar-refractivity contribution in [2.24, 2.45) is 0 Å². The second-order valence-electron chi connectivity index (χ2n) is 4.08. The van der Waals surface area contributed by atoms with E-state index in [0.29, 0.717) is 6.17 Å². The molecule has 0 spiro atoms. The number of nitrogens with zero attached hydrogens (tertiary/aromatic N) is 2. The summed E-state index contributed by atoms with van der Waals surface area (Å²) in [5.41, 5.74) is 0. The minimum Gasteiger partial charge on any atom is -0.302 e. The van der Waals surface area contributed by atoms with Crippen molar-refractivity contribution in [2.45, 2.75) is 25.9 Å². The molecule has 1 unspecified atom stereocenters. The van der Waals surface area contributed by atoms with Crippen LogP contribution in [0.15, 0.2) is 0 Å². The number of hydrogen-bond acceptors (Lipinski definition) is 3. The lowest BCUT2D eigenvalue weighted by molar-refractivity contribution is 0.0927. The zero-order chi connectivity index (χ0) is 9.10. The van der Waals surface area contributed by atoms with Crippen molar-refractivity contribution in [3.63, 3.8) is 0 Å². The van der Waals surface area contributed by atoms with Crippen LogP contribution in [0.4, 0.5) is 0 Å². The second kappa shape index (κ2) is 4.40. The summed E-state index contributed by atoms with van der Waals surface area (Å²) in [5, 5.41) is 3.57. The van der Waals surface area contributed by atoms with Crippen molar-refractivity contribution in [2.75, 3.05) is 39.3 Å². The van der Waals surface area contributed by atoms with Crippen molar-refractivity contribution in [3.05, 3.63) is 0 Å². The molecule has 1 N–H and O–H groups in total. The summed E-state index contributed by atoms with van der Waals surface area (Å²) in [7, 11) is 0. The Balaban J connectivity index is 1.77. The first-order valence-corrected chi connectivity index (χ1v) is 5.60. The average molecular weight is 183 g/mol. The van der Waals surface area contributed by atoms with Gasteiger partial charge in [-0.3, -0.25) is 4.90 Å². The molecule has 2 saturated heterocycles. The quantitative estimate of drug-likeness (QED) is 0.666. The number of nitrogens with one attached hydrogen (secondary N) is 1. The smallest absolute Gasteiger partial charge is 0.0598 e. The Morgan fingerprint density at radius 3 is 2.54 bits per heavy atom. The molecule has 3 heteroatoms. The van der Waals surface area contributed by atoms with E-state index in [2.05, 4.69) is 22.0 Å². The maximum atomic E-state index is 3.57. The number of hydrogen-bond donors (Lipinski definition) is 1. The van der Waals surface area contributed by atoms with E-state index in [9.17, 15) is 0 Å². The van der Waals surface area contributed by atoms with Crippen LogP contribution in [-0.4, -0.2) is 55.2 Å². The Morgan fingerprint density at radius 2 is 2.00 bits per heavy atom. The summed E-state index contributed by atoms with van der Waals surface area (Å²) in [4.78, 5) is 5.14. The summed E-state index contributed by atoms with van der Waals surface area (Å²) in [6, 6.07) is 0. The van der Waals surface area contributed by atoms with Crippen LogP contribution in [-0.2, 0) is 0 Å². The van der Waals surface area contributed by atoms with Gasteiger partial charge in [-0.25, -0.2) is 0 Å². The first kappa shape index (κ1) is 9.44. The Morgan fingerprint density at radius 1 is 1.23 bits per heavy atom. The fraction of sp³-hybridized carbons (Fsp3) is 1.00. The Kier molecular flexibility index (Phi) is 3.19. The van der Waals surface area contributed by atoms with E-state index in [1.807, 2.05) is 0 Å². The number of rotatable bonds is 2. The van der Waals surface area contributed by atoms with Crippen LogP contribution in [0.25, 0.3) is 0 Å². The highest BCUT2D eigenvalue weighted by molar-refractivity contribution is 4.80. The molecule has 2 aliphatic rings. The topological polar surface area (TPSA) is 18.5 Å². The highest BCUT2D eigenvalue weighted by atomic mass is 15.3. The van der Waals surface area contributed by atoms with E-state index in [1.165, 1.54) is 52.1 Å². The van der Waals surface area contributed by atoms with Crippen molar-refractivity contribution in [3.8, 4) is 0 Å². The van der Waals surface area contributed by atoms with Gasteiger partial charge in [-0.1, -0.05) is 6.92 Å². The molecular weight excluding hydrogens is 162 g/mol. The van der Waals surface area contributed by atoms with E-state index < -0.39 is 0 Å². The van der Waals surface area contributed by atoms with Gasteiger partial charge in [0.25, 0.3) is 0 Å². The van der Waals surface area contributed by atoms with Crippen molar-refractivity contribution in [1.82, 2.24) is 15.1 Å². The van der Waals surface area contributed by atoms with E-state index in [4.69, 9.17) is 0 Å². The van der Waals surface area contributed by atoms with Crippen LogP contribution >= 0.6 is 0 Å². The molecule has 2 fully saturated rings. The number of likely N-dealkylation sites (N-methyl/N-ethyl adjacent to an activating group) is 1. The molecule has 0 aromatic heterocycles. The molecule has 3 nitrogen and oxygen atoms in total. The van der Waals surface area contributed by atoms with Crippen molar-refractivity contribution in [1.29, 1.82) is 0 Å². The van der Waals surface area contributed by atoms with Gasteiger partial charge in [-0.15, -0.1) is 0 Å². The third-order valence-electron chi connectivity index (χ3n) is 3.33. The fourth-order valence-corrected chi connectivity index (χ4v) is 2.37. The van der Waals surface area contributed by atoms with E-state index in [1.54, 1.807) is 0 Å². The van der Waals surface area contributed by atoms with E-state index in [0.717, 1.165) is 0 Å². The molecule has 0 aromatic carbocycles. The predicted molar refractivity (Wildman–Crippen MR) is 54.7 cm³/mol. The zero-order valence-corrected chi connectivity index (χ0v) is 8.63. The molecule has 2 rings (SSSR count). The molecule has 0 bridgehead atoms. The van der Waals surface area contributed by atoms with Crippen LogP contribution < -0.4 is 5.32 Å². The predicted octanol–water partition coefficient (Wildman–Crippen LogP) is 0.333. The first-order chi connectivity index (χ1) is 6.40. The van der Waals surface area contributed by atoms with Crippen LogP contribution in [0.5, 0.6) is 0 Å². The van der Waals surface area contributed by atoms with Crippen LogP contribution in [0.1, 0.15) is 19.8 Å². The lowest BCUT2D eigenvalue weighted by Gasteiger charge is -2.37. The van der Waals surface area contributed by atoms with Gasteiger partial charge >= 0.3 is 0 Å². The molecule has 0 saturated carbocycles. The molecule has 1 atom stereocenters. The summed E-state index contributed by atoms with van der Waals surface area (Å²) in [6.07, 6.45) is 3.41. The molecule has 0 amide bonds. The highest BCUT2D eigenvalue weighted by Gasteiger charge is 2.24. The van der Waals surface area contributed by atoms with Crippen LogP contribution in [0.2, 0.25) is 0 Å². The molecule has 2 aliphatic heterocycles. The monoisotopic (exact) mass is 183 g/mol. The van der Waals surface area contributed by atoms with Crippen LogP contribution in [0.3, 0.4) is 0 Å². The zero-order valence-electron chi connectivity index (χ0n) is 8.63. The lowest BCUT2D eigenvalue weighted by atomic mass is 10.2. The van der Waals surface area contributed by atoms with Crippen molar-refractivity contribution >= 4 is 0 Å². The molecular formula is C10H21N3. The van der Waals surface area contributed by atoms with Gasteiger partial charge in [0.15, 0.2) is 0 Å². The third kappa shape index (κ3) is 2.22. The Bertz CT molecular complexity index is 146. The Hall–Kier alpha value is -0.120.